The van der Waals surface area contributed by atoms with Crippen molar-refractivity contribution in [3.8, 4) is 40.1 Å². The van der Waals surface area contributed by atoms with E-state index in [-0.39, 0.29) is 22.3 Å². The Balaban J connectivity index is 1.81. The summed E-state index contributed by atoms with van der Waals surface area (Å²) >= 11 is 0. The van der Waals surface area contributed by atoms with E-state index in [0.717, 1.165) is 24.3 Å². The molecule has 0 amide bonds. The predicted octanol–water partition coefficient (Wildman–Crippen LogP) is -0.539. The van der Waals surface area contributed by atoms with Gasteiger partial charge < -0.3 is 54.7 Å². The SMILES string of the molecule is O=c1c(O)c(-c2ccc(O)c(O)c2)oc2cc(O)cc(O[C@H]3O[C@@H](CO)[C@@H](O)[C@H](O)[C@H]3O)c12. The van der Waals surface area contributed by atoms with Gasteiger partial charge in [-0.2, -0.15) is 0 Å². The molecular formula is C21H20O12. The van der Waals surface area contributed by atoms with Crippen LogP contribution in [0.3, 0.4) is 0 Å². The van der Waals surface area contributed by atoms with E-state index in [4.69, 9.17) is 13.9 Å². The molecule has 5 atom stereocenters. The molecule has 0 saturated carbocycles. The van der Waals surface area contributed by atoms with Gasteiger partial charge in [0, 0.05) is 17.7 Å². The van der Waals surface area contributed by atoms with Crippen LogP contribution in [-0.4, -0.2) is 78.2 Å². The average molecular weight is 464 g/mol. The van der Waals surface area contributed by atoms with Gasteiger partial charge in [-0.1, -0.05) is 0 Å². The second kappa shape index (κ2) is 8.42. The first-order valence-electron chi connectivity index (χ1n) is 9.64. The standard InChI is InChI=1S/C21H20O12/c22-6-13-15(26)17(28)19(30)21(33-13)32-12-5-8(23)4-11-14(12)16(27)18(29)20(31-11)7-1-2-9(24)10(25)3-7/h1-5,13,15,17,19,21-26,28-30H,6H2/t13-,15+,17-,19+,21-/m0/s1. The van der Waals surface area contributed by atoms with Crippen molar-refractivity contribution in [3.63, 3.8) is 0 Å². The van der Waals surface area contributed by atoms with Crippen LogP contribution in [0.1, 0.15) is 0 Å². The Labute approximate surface area is 184 Å². The van der Waals surface area contributed by atoms with Gasteiger partial charge in [0.15, 0.2) is 17.3 Å². The van der Waals surface area contributed by atoms with Crippen LogP contribution in [-0.2, 0) is 4.74 Å². The summed E-state index contributed by atoms with van der Waals surface area (Å²) in [7, 11) is 0. The maximum atomic E-state index is 13.0. The Morgan fingerprint density at radius 3 is 2.30 bits per heavy atom. The van der Waals surface area contributed by atoms with E-state index in [9.17, 15) is 45.6 Å². The number of hydrogen-bond donors (Lipinski definition) is 8. The minimum atomic E-state index is -1.79. The number of aliphatic hydroxyl groups is 4. The molecule has 1 aliphatic heterocycles. The molecule has 12 heteroatoms. The average Bonchev–Trinajstić information content (AvgIpc) is 2.78. The van der Waals surface area contributed by atoms with Crippen LogP contribution in [0.5, 0.6) is 28.7 Å². The molecule has 0 aliphatic carbocycles. The van der Waals surface area contributed by atoms with Crippen molar-refractivity contribution >= 4 is 11.0 Å². The molecule has 1 fully saturated rings. The van der Waals surface area contributed by atoms with E-state index in [2.05, 4.69) is 0 Å². The van der Waals surface area contributed by atoms with Crippen LogP contribution >= 0.6 is 0 Å². The molecule has 0 unspecified atom stereocenters. The molecule has 1 aromatic heterocycles. The molecule has 3 aromatic rings. The van der Waals surface area contributed by atoms with E-state index in [1.54, 1.807) is 0 Å². The first-order valence-corrected chi connectivity index (χ1v) is 9.64. The molecule has 0 bridgehead atoms. The highest BCUT2D eigenvalue weighted by atomic mass is 16.7. The van der Waals surface area contributed by atoms with Crippen molar-refractivity contribution in [1.82, 2.24) is 0 Å². The topological polar surface area (TPSA) is 211 Å². The maximum Gasteiger partial charge on any atom is 0.238 e. The number of benzene rings is 2. The Morgan fingerprint density at radius 2 is 1.64 bits per heavy atom. The van der Waals surface area contributed by atoms with Crippen molar-refractivity contribution in [3.05, 3.63) is 40.6 Å². The number of aliphatic hydroxyl groups excluding tert-OH is 4. The molecule has 2 aromatic carbocycles. The van der Waals surface area contributed by atoms with Crippen LogP contribution in [0.25, 0.3) is 22.3 Å². The number of phenols is 3. The third-order valence-corrected chi connectivity index (χ3v) is 5.25. The fourth-order valence-electron chi connectivity index (χ4n) is 3.50. The van der Waals surface area contributed by atoms with Crippen LogP contribution in [0.2, 0.25) is 0 Å². The molecule has 4 rings (SSSR count). The lowest BCUT2D eigenvalue weighted by Crippen LogP contribution is -2.60. The monoisotopic (exact) mass is 464 g/mol. The number of phenolic OH excluding ortho intramolecular Hbond substituents is 3. The zero-order chi connectivity index (χ0) is 24.0. The lowest BCUT2D eigenvalue weighted by Gasteiger charge is -2.39. The van der Waals surface area contributed by atoms with E-state index in [1.807, 2.05) is 0 Å². The summed E-state index contributed by atoms with van der Waals surface area (Å²) in [5.74, 6) is -3.04. The van der Waals surface area contributed by atoms with Crippen LogP contribution < -0.4 is 10.2 Å². The fourth-order valence-corrected chi connectivity index (χ4v) is 3.50. The normalized spacial score (nSPS) is 25.3. The van der Waals surface area contributed by atoms with E-state index >= 15 is 0 Å². The summed E-state index contributed by atoms with van der Waals surface area (Å²) in [6.45, 7) is -0.711. The molecular weight excluding hydrogens is 444 g/mol. The zero-order valence-corrected chi connectivity index (χ0v) is 16.7. The molecule has 0 radical (unpaired) electrons. The Kier molecular flexibility index (Phi) is 5.78. The third-order valence-electron chi connectivity index (χ3n) is 5.25. The van der Waals surface area contributed by atoms with E-state index < -0.39 is 71.5 Å². The van der Waals surface area contributed by atoms with Crippen molar-refractivity contribution in [2.24, 2.45) is 0 Å². The first kappa shape index (κ1) is 22.6. The van der Waals surface area contributed by atoms with Crippen molar-refractivity contribution < 1.29 is 54.7 Å². The van der Waals surface area contributed by atoms with Gasteiger partial charge in [-0.25, -0.2) is 0 Å². The summed E-state index contributed by atoms with van der Waals surface area (Å²) in [5.41, 5.74) is -1.21. The zero-order valence-electron chi connectivity index (χ0n) is 16.7. The van der Waals surface area contributed by atoms with Crippen molar-refractivity contribution in [1.29, 1.82) is 0 Å². The highest BCUT2D eigenvalue weighted by molar-refractivity contribution is 5.88. The lowest BCUT2D eigenvalue weighted by molar-refractivity contribution is -0.277. The summed E-state index contributed by atoms with van der Waals surface area (Å²) in [6, 6.07) is 5.47. The van der Waals surface area contributed by atoms with Gasteiger partial charge >= 0.3 is 0 Å². The quantitative estimate of drug-likeness (QED) is 0.229. The van der Waals surface area contributed by atoms with Gasteiger partial charge in [0.1, 0.15) is 46.9 Å². The highest BCUT2D eigenvalue weighted by Gasteiger charge is 2.45. The van der Waals surface area contributed by atoms with Gasteiger partial charge in [-0.3, -0.25) is 4.79 Å². The molecule has 33 heavy (non-hydrogen) atoms. The van der Waals surface area contributed by atoms with Crippen molar-refractivity contribution in [2.45, 2.75) is 30.7 Å². The lowest BCUT2D eigenvalue weighted by atomic mass is 9.99. The van der Waals surface area contributed by atoms with Gasteiger partial charge in [0.25, 0.3) is 0 Å². The summed E-state index contributed by atoms with van der Waals surface area (Å²) in [6.07, 6.45) is -8.12. The highest BCUT2D eigenvalue weighted by Crippen LogP contribution is 2.38. The predicted molar refractivity (Wildman–Crippen MR) is 109 cm³/mol. The number of aromatic hydroxyl groups is 4. The number of hydrogen-bond acceptors (Lipinski definition) is 12. The molecule has 8 N–H and O–H groups in total. The second-order valence-electron chi connectivity index (χ2n) is 7.44. The van der Waals surface area contributed by atoms with Gasteiger partial charge in [0.05, 0.1) is 6.61 Å². The molecule has 0 spiro atoms. The third kappa shape index (κ3) is 3.90. The Morgan fingerprint density at radius 1 is 0.909 bits per heavy atom. The van der Waals surface area contributed by atoms with Crippen molar-refractivity contribution in [2.75, 3.05) is 6.61 Å². The van der Waals surface area contributed by atoms with Crippen LogP contribution in [0.4, 0.5) is 0 Å². The summed E-state index contributed by atoms with van der Waals surface area (Å²) in [5, 5.41) is 78.7. The summed E-state index contributed by atoms with van der Waals surface area (Å²) < 4.78 is 16.3. The summed E-state index contributed by atoms with van der Waals surface area (Å²) in [4.78, 5) is 13.0. The van der Waals surface area contributed by atoms with Crippen LogP contribution in [0, 0.1) is 0 Å². The number of ether oxygens (including phenoxy) is 2. The largest absolute Gasteiger partial charge is 0.508 e. The number of fused-ring (bicyclic) bond motifs is 1. The molecule has 2 heterocycles. The Hall–Kier alpha value is -3.55. The van der Waals surface area contributed by atoms with E-state index in [0.29, 0.717) is 0 Å². The van der Waals surface area contributed by atoms with Crippen LogP contribution in [0.15, 0.2) is 39.5 Å². The maximum absolute atomic E-state index is 13.0. The molecule has 12 nitrogen and oxygen atoms in total. The Bertz CT molecular complexity index is 1250. The molecule has 176 valence electrons. The second-order valence-corrected chi connectivity index (χ2v) is 7.44. The smallest absolute Gasteiger partial charge is 0.238 e. The minimum absolute atomic E-state index is 0.0431. The van der Waals surface area contributed by atoms with Gasteiger partial charge in [0.2, 0.25) is 17.5 Å². The minimum Gasteiger partial charge on any atom is -0.508 e. The first-order chi connectivity index (χ1) is 15.6. The molecule has 1 aliphatic rings. The van der Waals surface area contributed by atoms with E-state index in [1.165, 1.54) is 6.07 Å². The molecule has 1 saturated heterocycles. The fraction of sp³-hybridized carbons (Fsp3) is 0.286. The number of rotatable bonds is 4. The van der Waals surface area contributed by atoms with Gasteiger partial charge in [-0.15, -0.1) is 0 Å². The van der Waals surface area contributed by atoms with Gasteiger partial charge in [-0.05, 0) is 18.2 Å².